The van der Waals surface area contributed by atoms with Crippen molar-refractivity contribution in [2.45, 2.75) is 4.90 Å². The van der Waals surface area contributed by atoms with E-state index in [0.717, 1.165) is 0 Å². The van der Waals surface area contributed by atoms with Gasteiger partial charge in [0.05, 0.1) is 0 Å². The molecule has 0 aliphatic rings. The predicted molar refractivity (Wildman–Crippen MR) is 45.7 cm³/mol. The third-order valence-electron chi connectivity index (χ3n) is 1.42. The molecule has 0 aliphatic carbocycles. The highest BCUT2D eigenvalue weighted by atomic mass is 32.2. The fourth-order valence-electron chi connectivity index (χ4n) is 0.804. The summed E-state index contributed by atoms with van der Waals surface area (Å²) in [7, 11) is -5.77. The minimum Gasteiger partial charge on any atom is -0.744 e. The van der Waals surface area contributed by atoms with Gasteiger partial charge in [-0.25, -0.2) is 30.4 Å². The second kappa shape index (κ2) is 4.55. The minimum atomic E-state index is -5.77. The Balaban J connectivity index is 0.00000225. The fourth-order valence-corrected chi connectivity index (χ4v) is 1.42. The van der Waals surface area contributed by atoms with Crippen molar-refractivity contribution >= 4 is 23.6 Å². The minimum absolute atomic E-state index is 0. The molecule has 92 valence electrons. The van der Waals surface area contributed by atoms with Crippen LogP contribution < -0.4 is 0 Å². The van der Waals surface area contributed by atoms with Crippen molar-refractivity contribution in [1.82, 2.24) is 0 Å². The highest BCUT2D eigenvalue weighted by Crippen LogP contribution is 2.25. The van der Waals surface area contributed by atoms with Gasteiger partial charge >= 0.3 is 0 Å². The standard InChI is InChI=1S/C6HF5O3S.H2S/c7-1-2(8)4(10)6(15(12,13)14)5(11)3(1)9;/h(H,12,13,14);1H2. The summed E-state index contributed by atoms with van der Waals surface area (Å²) in [4.78, 5) is -2.38. The van der Waals surface area contributed by atoms with Crippen molar-refractivity contribution in [1.29, 1.82) is 0 Å². The van der Waals surface area contributed by atoms with Gasteiger partial charge in [-0.15, -0.1) is 0 Å². The Bertz CT molecular complexity index is 498. The number of benzene rings is 1. The lowest BCUT2D eigenvalue weighted by atomic mass is 10.3. The maximum Gasteiger partial charge on any atom is 0.200 e. The van der Waals surface area contributed by atoms with E-state index < -0.39 is 44.1 Å². The van der Waals surface area contributed by atoms with E-state index in [-0.39, 0.29) is 13.5 Å². The summed E-state index contributed by atoms with van der Waals surface area (Å²) in [6, 6.07) is 0. The zero-order chi connectivity index (χ0) is 12.0. The van der Waals surface area contributed by atoms with Gasteiger partial charge in [-0.1, -0.05) is 13.5 Å². The Kier molecular flexibility index (Phi) is 4.31. The lowest BCUT2D eigenvalue weighted by Gasteiger charge is -2.10. The van der Waals surface area contributed by atoms with Gasteiger partial charge in [-0.2, -0.15) is 0 Å². The first-order valence-corrected chi connectivity index (χ1v) is 4.56. The molecule has 0 N–H and O–H groups in total. The highest BCUT2D eigenvalue weighted by Gasteiger charge is 2.28. The number of halogens is 5. The molecule has 3 nitrogen and oxygen atoms in total. The molecule has 1 aromatic carbocycles. The van der Waals surface area contributed by atoms with E-state index in [2.05, 4.69) is 0 Å². The molecule has 0 heterocycles. The molecule has 1 aromatic rings. The average Bonchev–Trinajstić information content (AvgIpc) is 2.09. The monoisotopic (exact) mass is 282 g/mol. The van der Waals surface area contributed by atoms with Crippen LogP contribution in [-0.2, 0) is 23.6 Å². The van der Waals surface area contributed by atoms with Crippen LogP contribution in [0.15, 0.2) is 4.90 Å². The quantitative estimate of drug-likeness (QED) is 0.247. The van der Waals surface area contributed by atoms with E-state index in [1.165, 1.54) is 0 Å². The first-order chi connectivity index (χ1) is 6.68. The smallest absolute Gasteiger partial charge is 0.200 e. The number of rotatable bonds is 1. The van der Waals surface area contributed by atoms with Crippen LogP contribution in [0.1, 0.15) is 0 Å². The molecule has 0 amide bonds. The second-order valence-corrected chi connectivity index (χ2v) is 3.67. The van der Waals surface area contributed by atoms with Crippen LogP contribution in [0.2, 0.25) is 0 Å². The first-order valence-electron chi connectivity index (χ1n) is 3.15. The van der Waals surface area contributed by atoms with Crippen molar-refractivity contribution in [2.75, 3.05) is 0 Å². The Morgan fingerprint density at radius 2 is 1.00 bits per heavy atom. The molecular formula is C6H3F5O3S2. The van der Waals surface area contributed by atoms with Gasteiger partial charge in [-0.3, -0.25) is 0 Å². The van der Waals surface area contributed by atoms with Gasteiger partial charge in [0.15, 0.2) is 23.3 Å². The summed E-state index contributed by atoms with van der Waals surface area (Å²) < 4.78 is 92.9. The highest BCUT2D eigenvalue weighted by molar-refractivity contribution is 7.85. The fraction of sp³-hybridized carbons (Fsp3) is 0. The lowest BCUT2D eigenvalue weighted by Crippen LogP contribution is -2.12. The van der Waals surface area contributed by atoms with Gasteiger partial charge in [0.1, 0.15) is 15.0 Å². The molecule has 1 rings (SSSR count). The largest absolute Gasteiger partial charge is 0.744 e. The zero-order valence-corrected chi connectivity index (χ0v) is 9.07. The van der Waals surface area contributed by atoms with Crippen LogP contribution in [-0.4, -0.2) is 13.0 Å². The molecule has 0 atom stereocenters. The van der Waals surface area contributed by atoms with Crippen LogP contribution in [0, 0.1) is 29.1 Å². The summed E-state index contributed by atoms with van der Waals surface area (Å²) in [6.45, 7) is 0. The van der Waals surface area contributed by atoms with Crippen LogP contribution in [0.5, 0.6) is 0 Å². The molecule has 0 saturated heterocycles. The van der Waals surface area contributed by atoms with E-state index >= 15 is 0 Å². The molecular weight excluding hydrogens is 279 g/mol. The molecule has 0 radical (unpaired) electrons. The number of hydrogen-bond acceptors (Lipinski definition) is 3. The van der Waals surface area contributed by atoms with Crippen LogP contribution in [0.4, 0.5) is 22.0 Å². The van der Waals surface area contributed by atoms with E-state index in [0.29, 0.717) is 0 Å². The van der Waals surface area contributed by atoms with Gasteiger partial charge < -0.3 is 4.55 Å². The molecule has 0 fully saturated rings. The first kappa shape index (κ1) is 15.1. The summed E-state index contributed by atoms with van der Waals surface area (Å²) >= 11 is 0. The van der Waals surface area contributed by atoms with E-state index in [4.69, 9.17) is 0 Å². The molecule has 10 heteroatoms. The SMILES string of the molecule is O=S(=O)([O-])c1c(F)c(F)c(F)c(F)c1F.[SH3+]. The normalized spacial score (nSPS) is 11.1. The van der Waals surface area contributed by atoms with E-state index in [1.807, 2.05) is 0 Å². The van der Waals surface area contributed by atoms with Crippen LogP contribution >= 0.6 is 0 Å². The maximum absolute atomic E-state index is 12.6. The molecule has 0 aromatic heterocycles. The van der Waals surface area contributed by atoms with Crippen molar-refractivity contribution in [3.63, 3.8) is 0 Å². The maximum atomic E-state index is 12.6. The molecule has 0 unspecified atom stereocenters. The van der Waals surface area contributed by atoms with Crippen molar-refractivity contribution < 1.29 is 34.9 Å². The van der Waals surface area contributed by atoms with Gasteiger partial charge in [0, 0.05) is 0 Å². The van der Waals surface area contributed by atoms with E-state index in [9.17, 15) is 34.9 Å². The van der Waals surface area contributed by atoms with Gasteiger partial charge in [-0.05, 0) is 0 Å². The molecule has 0 bridgehead atoms. The number of hydrogen-bond donors (Lipinski definition) is 0. The van der Waals surface area contributed by atoms with Gasteiger partial charge in [0.2, 0.25) is 5.82 Å². The molecule has 0 saturated carbocycles. The molecule has 16 heavy (non-hydrogen) atoms. The Labute approximate surface area is 93.1 Å². The van der Waals surface area contributed by atoms with Gasteiger partial charge in [0.25, 0.3) is 0 Å². The Hall–Kier alpha value is -0.870. The van der Waals surface area contributed by atoms with Crippen molar-refractivity contribution in [3.05, 3.63) is 29.1 Å². The summed E-state index contributed by atoms with van der Waals surface area (Å²) in [6.07, 6.45) is 0. The van der Waals surface area contributed by atoms with Crippen LogP contribution in [0.25, 0.3) is 0 Å². The molecule has 0 spiro atoms. The Morgan fingerprint density at radius 3 is 1.25 bits per heavy atom. The third-order valence-corrected chi connectivity index (χ3v) is 2.28. The lowest BCUT2D eigenvalue weighted by molar-refractivity contribution is 0.350. The summed E-state index contributed by atoms with van der Waals surface area (Å²) in [5.41, 5.74) is 0. The van der Waals surface area contributed by atoms with Crippen molar-refractivity contribution in [2.24, 2.45) is 0 Å². The second-order valence-electron chi connectivity index (χ2n) is 2.35. The molecule has 0 aliphatic heterocycles. The average molecular weight is 282 g/mol. The Morgan fingerprint density at radius 1 is 0.750 bits per heavy atom. The topological polar surface area (TPSA) is 57.2 Å². The summed E-state index contributed by atoms with van der Waals surface area (Å²) in [5, 5.41) is 0. The summed E-state index contributed by atoms with van der Waals surface area (Å²) in [5.74, 6) is -12.8. The van der Waals surface area contributed by atoms with Crippen LogP contribution in [0.3, 0.4) is 0 Å². The van der Waals surface area contributed by atoms with Crippen molar-refractivity contribution in [3.8, 4) is 0 Å². The zero-order valence-electron chi connectivity index (χ0n) is 7.10. The predicted octanol–water partition coefficient (Wildman–Crippen LogP) is 0.481. The third kappa shape index (κ3) is 2.28. The van der Waals surface area contributed by atoms with E-state index in [1.54, 1.807) is 0 Å².